The third-order valence-corrected chi connectivity index (χ3v) is 4.41. The van der Waals surface area contributed by atoms with Gasteiger partial charge in [-0.1, -0.05) is 46.1 Å². The molecule has 1 fully saturated rings. The van der Waals surface area contributed by atoms with Gasteiger partial charge in [-0.2, -0.15) is 0 Å². The first-order valence-corrected chi connectivity index (χ1v) is 6.72. The highest BCUT2D eigenvalue weighted by atomic mass is 79.9. The number of benzene rings is 1. The monoisotopic (exact) mass is 279 g/mol. The molecule has 1 saturated carbocycles. The fraction of sp³-hybridized carbons (Fsp3) is 0.500. The fourth-order valence-corrected chi connectivity index (χ4v) is 3.29. The van der Waals surface area contributed by atoms with Crippen LogP contribution in [0.1, 0.15) is 31.7 Å². The van der Waals surface area contributed by atoms with Gasteiger partial charge in [0.1, 0.15) is 5.52 Å². The van der Waals surface area contributed by atoms with E-state index in [1.807, 2.05) is 18.2 Å². The highest BCUT2D eigenvalue weighted by Crippen LogP contribution is 2.34. The van der Waals surface area contributed by atoms with E-state index >= 15 is 0 Å². The Hall–Kier alpha value is -0.900. The van der Waals surface area contributed by atoms with E-state index in [0.29, 0.717) is 10.9 Å². The second-order valence-corrected chi connectivity index (χ2v) is 5.57. The first-order valence-electron chi connectivity index (χ1n) is 5.80. The number of hydrogen-bond donors (Lipinski definition) is 0. The van der Waals surface area contributed by atoms with E-state index in [1.165, 1.54) is 25.7 Å². The van der Waals surface area contributed by atoms with E-state index in [2.05, 4.69) is 37.0 Å². The van der Waals surface area contributed by atoms with Crippen molar-refractivity contribution in [2.75, 3.05) is 0 Å². The largest absolute Gasteiger partial charge is 0.240 e. The summed E-state index contributed by atoms with van der Waals surface area (Å²) in [6.45, 7) is 0. The summed E-state index contributed by atoms with van der Waals surface area (Å²) in [6, 6.07) is 8.64. The maximum atomic E-state index is 4.31. The van der Waals surface area contributed by atoms with Crippen molar-refractivity contribution in [2.24, 2.45) is 0 Å². The van der Waals surface area contributed by atoms with Crippen LogP contribution in [0.3, 0.4) is 0 Å². The normalized spacial score (nSPS) is 26.1. The van der Waals surface area contributed by atoms with E-state index in [0.717, 1.165) is 11.0 Å². The van der Waals surface area contributed by atoms with Gasteiger partial charge in [0.15, 0.2) is 0 Å². The maximum Gasteiger partial charge on any atom is 0.113 e. The summed E-state index contributed by atoms with van der Waals surface area (Å²) in [4.78, 5) is 0.534. The van der Waals surface area contributed by atoms with Gasteiger partial charge < -0.3 is 0 Å². The average Bonchev–Trinajstić information content (AvgIpc) is 2.74. The van der Waals surface area contributed by atoms with Gasteiger partial charge in [-0.05, 0) is 25.0 Å². The molecule has 3 rings (SSSR count). The number of aromatic nitrogens is 3. The topological polar surface area (TPSA) is 30.7 Å². The van der Waals surface area contributed by atoms with Crippen LogP contribution in [0.5, 0.6) is 0 Å². The minimum Gasteiger partial charge on any atom is -0.240 e. The number of nitrogens with zero attached hydrogens (tertiary/aromatic N) is 3. The minimum atomic E-state index is 0.459. The van der Waals surface area contributed by atoms with Crippen LogP contribution >= 0.6 is 15.9 Å². The van der Waals surface area contributed by atoms with Crippen LogP contribution in [0.2, 0.25) is 0 Å². The molecule has 1 aromatic heterocycles. The van der Waals surface area contributed by atoms with Crippen LogP contribution in [0.4, 0.5) is 0 Å². The molecule has 0 N–H and O–H groups in total. The summed E-state index contributed by atoms with van der Waals surface area (Å²) in [5.74, 6) is 0. The molecule has 16 heavy (non-hydrogen) atoms. The molecule has 2 aromatic rings. The third-order valence-electron chi connectivity index (χ3n) is 3.34. The summed E-state index contributed by atoms with van der Waals surface area (Å²) in [7, 11) is 0. The predicted molar refractivity (Wildman–Crippen MR) is 67.7 cm³/mol. The van der Waals surface area contributed by atoms with Crippen LogP contribution in [-0.4, -0.2) is 19.8 Å². The zero-order valence-electron chi connectivity index (χ0n) is 9.01. The molecule has 0 radical (unpaired) electrons. The van der Waals surface area contributed by atoms with E-state index in [1.54, 1.807) is 0 Å². The van der Waals surface area contributed by atoms with E-state index < -0.39 is 0 Å². The maximum absolute atomic E-state index is 4.31. The molecule has 0 aliphatic heterocycles. The minimum absolute atomic E-state index is 0.459. The fourth-order valence-electron chi connectivity index (χ4n) is 2.47. The van der Waals surface area contributed by atoms with Gasteiger partial charge in [0, 0.05) is 4.83 Å². The molecule has 1 aliphatic rings. The smallest absolute Gasteiger partial charge is 0.113 e. The van der Waals surface area contributed by atoms with E-state index in [9.17, 15) is 0 Å². The zero-order valence-corrected chi connectivity index (χ0v) is 10.6. The van der Waals surface area contributed by atoms with Crippen molar-refractivity contribution >= 4 is 27.0 Å². The molecular weight excluding hydrogens is 266 g/mol. The predicted octanol–water partition coefficient (Wildman–Crippen LogP) is 3.31. The van der Waals surface area contributed by atoms with Crippen molar-refractivity contribution < 1.29 is 0 Å². The molecule has 0 amide bonds. The Bertz CT molecular complexity index is 494. The second-order valence-electron chi connectivity index (χ2n) is 4.39. The lowest BCUT2D eigenvalue weighted by molar-refractivity contribution is 0.346. The van der Waals surface area contributed by atoms with E-state index in [-0.39, 0.29) is 0 Å². The Morgan fingerprint density at radius 3 is 2.88 bits per heavy atom. The zero-order chi connectivity index (χ0) is 11.0. The van der Waals surface area contributed by atoms with Crippen molar-refractivity contribution in [3.05, 3.63) is 24.3 Å². The van der Waals surface area contributed by atoms with Gasteiger partial charge in [0.2, 0.25) is 0 Å². The third kappa shape index (κ3) is 1.65. The molecule has 1 aliphatic carbocycles. The number of rotatable bonds is 1. The van der Waals surface area contributed by atoms with Crippen LogP contribution < -0.4 is 0 Å². The number of para-hydroxylation sites is 1. The highest BCUT2D eigenvalue weighted by molar-refractivity contribution is 9.09. The first-order chi connectivity index (χ1) is 7.86. The van der Waals surface area contributed by atoms with Gasteiger partial charge in [-0.15, -0.1) is 5.10 Å². The van der Waals surface area contributed by atoms with Crippen LogP contribution in [0.15, 0.2) is 24.3 Å². The lowest BCUT2D eigenvalue weighted by Crippen LogP contribution is -2.24. The molecular formula is C12H14BrN3. The number of hydrogen-bond acceptors (Lipinski definition) is 2. The van der Waals surface area contributed by atoms with Crippen LogP contribution in [0.25, 0.3) is 11.0 Å². The molecule has 0 saturated heterocycles. The quantitative estimate of drug-likeness (QED) is 0.750. The molecule has 84 valence electrons. The highest BCUT2D eigenvalue weighted by Gasteiger charge is 2.26. The molecule has 3 nitrogen and oxygen atoms in total. The van der Waals surface area contributed by atoms with Gasteiger partial charge in [-0.25, -0.2) is 4.68 Å². The Morgan fingerprint density at radius 1 is 1.19 bits per heavy atom. The molecule has 1 heterocycles. The van der Waals surface area contributed by atoms with Gasteiger partial charge >= 0.3 is 0 Å². The van der Waals surface area contributed by atoms with Crippen molar-refractivity contribution in [3.8, 4) is 0 Å². The average molecular weight is 280 g/mol. The summed E-state index contributed by atoms with van der Waals surface area (Å²) < 4.78 is 2.09. The standard InChI is InChI=1S/C12H14BrN3/c13-9-5-1-3-7-11(9)16-12-8-4-2-6-10(12)14-15-16/h2,4,6,8-9,11H,1,3,5,7H2/t9-,11-/m1/s1. The second kappa shape index (κ2) is 4.17. The van der Waals surface area contributed by atoms with Crippen LogP contribution in [0, 0.1) is 0 Å². The Morgan fingerprint density at radius 2 is 2.00 bits per heavy atom. The molecule has 1 aromatic carbocycles. The molecule has 4 heteroatoms. The summed E-state index contributed by atoms with van der Waals surface area (Å²) in [5, 5.41) is 8.53. The molecule has 2 atom stereocenters. The van der Waals surface area contributed by atoms with Gasteiger partial charge in [0.25, 0.3) is 0 Å². The molecule has 0 spiro atoms. The molecule has 0 bridgehead atoms. The van der Waals surface area contributed by atoms with Crippen molar-refractivity contribution in [2.45, 2.75) is 36.6 Å². The Kier molecular flexibility index (Phi) is 2.67. The van der Waals surface area contributed by atoms with Gasteiger partial charge in [0.05, 0.1) is 11.6 Å². The Labute approximate surface area is 103 Å². The number of alkyl halides is 1. The Balaban J connectivity index is 2.04. The molecule has 0 unspecified atom stereocenters. The van der Waals surface area contributed by atoms with Crippen molar-refractivity contribution in [1.82, 2.24) is 15.0 Å². The SMILES string of the molecule is Br[C@@H]1CCCC[C@H]1n1nnc2ccccc21. The number of halogens is 1. The summed E-state index contributed by atoms with van der Waals surface area (Å²) in [6.07, 6.45) is 5.04. The van der Waals surface area contributed by atoms with E-state index in [4.69, 9.17) is 0 Å². The lowest BCUT2D eigenvalue weighted by Gasteiger charge is -2.27. The van der Waals surface area contributed by atoms with Crippen molar-refractivity contribution in [1.29, 1.82) is 0 Å². The van der Waals surface area contributed by atoms with Crippen LogP contribution in [-0.2, 0) is 0 Å². The summed E-state index contributed by atoms with van der Waals surface area (Å²) >= 11 is 3.77. The number of fused-ring (bicyclic) bond motifs is 1. The summed E-state index contributed by atoms with van der Waals surface area (Å²) in [5.41, 5.74) is 2.15. The van der Waals surface area contributed by atoms with Gasteiger partial charge in [-0.3, -0.25) is 0 Å². The lowest BCUT2D eigenvalue weighted by atomic mass is 9.95. The first kappa shape index (κ1) is 10.3. The van der Waals surface area contributed by atoms with Crippen molar-refractivity contribution in [3.63, 3.8) is 0 Å².